The summed E-state index contributed by atoms with van der Waals surface area (Å²) in [6, 6.07) is 0. The fraction of sp³-hybridized carbons (Fsp3) is 1.00. The van der Waals surface area contributed by atoms with Crippen LogP contribution in [0.4, 0.5) is 0 Å². The van der Waals surface area contributed by atoms with E-state index in [1.54, 1.807) is 0 Å². The number of hydrogen-bond donors (Lipinski definition) is 1. The van der Waals surface area contributed by atoms with Gasteiger partial charge in [-0.05, 0) is 55.3 Å². The van der Waals surface area contributed by atoms with Crippen LogP contribution in [-0.4, -0.2) is 11.2 Å². The fourth-order valence-electron chi connectivity index (χ4n) is 4.39. The third-order valence-electron chi connectivity index (χ3n) is 4.90. The molecule has 1 heteroatoms. The number of fused-ring (bicyclic) bond motifs is 5. The summed E-state index contributed by atoms with van der Waals surface area (Å²) >= 11 is 0. The van der Waals surface area contributed by atoms with Gasteiger partial charge in [0.05, 0.1) is 6.10 Å². The highest BCUT2D eigenvalue weighted by atomic mass is 16.3. The largest absolute Gasteiger partial charge is 0.393 e. The lowest BCUT2D eigenvalue weighted by Gasteiger charge is -2.32. The van der Waals surface area contributed by atoms with Gasteiger partial charge in [0.25, 0.3) is 0 Å². The van der Waals surface area contributed by atoms with Gasteiger partial charge in [0.2, 0.25) is 0 Å². The highest BCUT2D eigenvalue weighted by molar-refractivity contribution is 5.07. The van der Waals surface area contributed by atoms with E-state index in [1.807, 2.05) is 0 Å². The summed E-state index contributed by atoms with van der Waals surface area (Å²) in [4.78, 5) is 0. The molecule has 1 N–H and O–H groups in total. The Balaban J connectivity index is 1.93. The minimum atomic E-state index is 0.0419. The van der Waals surface area contributed by atoms with Crippen molar-refractivity contribution in [3.63, 3.8) is 0 Å². The van der Waals surface area contributed by atoms with E-state index in [0.717, 1.165) is 30.6 Å². The van der Waals surface area contributed by atoms with Gasteiger partial charge in [0, 0.05) is 0 Å². The maximum atomic E-state index is 9.61. The SMILES string of the molecule is CC12CCC(C1)C1CC(O)CC12. The summed E-state index contributed by atoms with van der Waals surface area (Å²) in [5.41, 5.74) is 0.632. The summed E-state index contributed by atoms with van der Waals surface area (Å²) in [5.74, 6) is 2.77. The highest BCUT2D eigenvalue weighted by Crippen LogP contribution is 2.65. The third kappa shape index (κ3) is 0.736. The first kappa shape index (κ1) is 7.37. The molecule has 1 nitrogen and oxygen atoms in total. The topological polar surface area (TPSA) is 20.2 Å². The first-order chi connectivity index (χ1) is 5.69. The molecule has 0 heterocycles. The van der Waals surface area contributed by atoms with Crippen molar-refractivity contribution in [2.24, 2.45) is 23.2 Å². The standard InChI is InChI=1S/C11H18O/c1-11-3-2-7(6-11)9-4-8(12)5-10(9)11/h7-10,12H,2-6H2,1H3. The Morgan fingerprint density at radius 1 is 1.33 bits per heavy atom. The molecule has 0 aromatic heterocycles. The van der Waals surface area contributed by atoms with Gasteiger partial charge in [-0.3, -0.25) is 0 Å². The molecule has 12 heavy (non-hydrogen) atoms. The van der Waals surface area contributed by atoms with E-state index in [1.165, 1.54) is 19.3 Å². The van der Waals surface area contributed by atoms with Crippen LogP contribution in [0.1, 0.15) is 39.0 Å². The Bertz CT molecular complexity index is 213. The minimum absolute atomic E-state index is 0.0419. The van der Waals surface area contributed by atoms with Crippen molar-refractivity contribution in [1.29, 1.82) is 0 Å². The van der Waals surface area contributed by atoms with E-state index in [2.05, 4.69) is 6.92 Å². The second-order valence-electron chi connectivity index (χ2n) is 5.55. The molecule has 3 saturated carbocycles. The molecule has 68 valence electrons. The molecule has 0 radical (unpaired) electrons. The van der Waals surface area contributed by atoms with Gasteiger partial charge >= 0.3 is 0 Å². The lowest BCUT2D eigenvalue weighted by molar-refractivity contribution is 0.147. The van der Waals surface area contributed by atoms with E-state index < -0.39 is 0 Å². The van der Waals surface area contributed by atoms with Gasteiger partial charge in [0.1, 0.15) is 0 Å². The average molecular weight is 166 g/mol. The number of rotatable bonds is 0. The van der Waals surface area contributed by atoms with Gasteiger partial charge < -0.3 is 5.11 Å². The van der Waals surface area contributed by atoms with Crippen LogP contribution in [0.2, 0.25) is 0 Å². The summed E-state index contributed by atoms with van der Waals surface area (Å²) in [5, 5.41) is 9.61. The van der Waals surface area contributed by atoms with E-state index in [4.69, 9.17) is 0 Å². The van der Waals surface area contributed by atoms with Gasteiger partial charge in [0.15, 0.2) is 0 Å². The van der Waals surface area contributed by atoms with E-state index >= 15 is 0 Å². The predicted molar refractivity (Wildman–Crippen MR) is 47.7 cm³/mol. The molecule has 2 bridgehead atoms. The number of aliphatic hydroxyl groups excluding tert-OH is 1. The maximum Gasteiger partial charge on any atom is 0.0546 e. The quantitative estimate of drug-likeness (QED) is 0.585. The highest BCUT2D eigenvalue weighted by Gasteiger charge is 2.57. The van der Waals surface area contributed by atoms with Crippen LogP contribution in [0.25, 0.3) is 0 Å². The summed E-state index contributed by atoms with van der Waals surface area (Å²) in [6.45, 7) is 2.45. The van der Waals surface area contributed by atoms with Crippen molar-refractivity contribution >= 4 is 0 Å². The fourth-order valence-corrected chi connectivity index (χ4v) is 4.39. The van der Waals surface area contributed by atoms with Gasteiger partial charge in [-0.15, -0.1) is 0 Å². The van der Waals surface area contributed by atoms with Crippen LogP contribution in [0.3, 0.4) is 0 Å². The zero-order chi connectivity index (χ0) is 8.34. The lowest BCUT2D eigenvalue weighted by Crippen LogP contribution is -2.24. The van der Waals surface area contributed by atoms with Crippen molar-refractivity contribution in [2.45, 2.75) is 45.1 Å². The minimum Gasteiger partial charge on any atom is -0.393 e. The molecule has 0 aliphatic heterocycles. The normalized spacial score (nSPS) is 62.5. The van der Waals surface area contributed by atoms with Gasteiger partial charge in [-0.25, -0.2) is 0 Å². The van der Waals surface area contributed by atoms with Crippen molar-refractivity contribution < 1.29 is 5.11 Å². The Morgan fingerprint density at radius 3 is 2.92 bits per heavy atom. The van der Waals surface area contributed by atoms with E-state index in [-0.39, 0.29) is 6.10 Å². The number of hydrogen-bond acceptors (Lipinski definition) is 1. The molecule has 0 spiro atoms. The van der Waals surface area contributed by atoms with Crippen LogP contribution in [0.15, 0.2) is 0 Å². The number of aliphatic hydroxyl groups is 1. The van der Waals surface area contributed by atoms with Gasteiger partial charge in [-0.2, -0.15) is 0 Å². The van der Waals surface area contributed by atoms with E-state index in [9.17, 15) is 5.11 Å². The molecule has 3 fully saturated rings. The van der Waals surface area contributed by atoms with Crippen LogP contribution in [-0.2, 0) is 0 Å². The van der Waals surface area contributed by atoms with Crippen LogP contribution < -0.4 is 0 Å². The monoisotopic (exact) mass is 166 g/mol. The van der Waals surface area contributed by atoms with Crippen molar-refractivity contribution in [1.82, 2.24) is 0 Å². The van der Waals surface area contributed by atoms with E-state index in [0.29, 0.717) is 5.41 Å². The Morgan fingerprint density at radius 2 is 2.17 bits per heavy atom. The molecule has 3 aliphatic carbocycles. The molecule has 0 saturated heterocycles. The maximum absolute atomic E-state index is 9.61. The smallest absolute Gasteiger partial charge is 0.0546 e. The molecule has 0 aromatic rings. The molecular weight excluding hydrogens is 148 g/mol. The molecule has 3 rings (SSSR count). The molecule has 3 aliphatic rings. The van der Waals surface area contributed by atoms with Crippen LogP contribution in [0, 0.1) is 23.2 Å². The summed E-state index contributed by atoms with van der Waals surface area (Å²) < 4.78 is 0. The zero-order valence-corrected chi connectivity index (χ0v) is 7.79. The molecule has 0 amide bonds. The van der Waals surface area contributed by atoms with Crippen molar-refractivity contribution in [3.05, 3.63) is 0 Å². The first-order valence-corrected chi connectivity index (χ1v) is 5.37. The third-order valence-corrected chi connectivity index (χ3v) is 4.90. The Labute approximate surface area is 74.2 Å². The average Bonchev–Trinajstić information content (AvgIpc) is 2.57. The van der Waals surface area contributed by atoms with Crippen LogP contribution in [0.5, 0.6) is 0 Å². The zero-order valence-electron chi connectivity index (χ0n) is 7.79. The summed E-state index contributed by atoms with van der Waals surface area (Å²) in [6.07, 6.45) is 6.62. The second kappa shape index (κ2) is 2.06. The van der Waals surface area contributed by atoms with Crippen LogP contribution >= 0.6 is 0 Å². The molecule has 0 aromatic carbocycles. The molecular formula is C11H18O. The van der Waals surface area contributed by atoms with Crippen molar-refractivity contribution in [3.8, 4) is 0 Å². The lowest BCUT2D eigenvalue weighted by atomic mass is 9.73. The molecule has 5 atom stereocenters. The Kier molecular flexibility index (Phi) is 1.27. The van der Waals surface area contributed by atoms with Gasteiger partial charge in [-0.1, -0.05) is 6.92 Å². The first-order valence-electron chi connectivity index (χ1n) is 5.37. The summed E-state index contributed by atoms with van der Waals surface area (Å²) in [7, 11) is 0. The second-order valence-corrected chi connectivity index (χ2v) is 5.55. The molecule has 5 unspecified atom stereocenters. The van der Waals surface area contributed by atoms with Crippen molar-refractivity contribution in [2.75, 3.05) is 0 Å². The predicted octanol–water partition coefficient (Wildman–Crippen LogP) is 2.19. The Hall–Kier alpha value is -0.0400.